The van der Waals surface area contributed by atoms with Gasteiger partial charge in [-0.25, -0.2) is 13.8 Å². The predicted molar refractivity (Wildman–Crippen MR) is 52.7 cm³/mol. The van der Waals surface area contributed by atoms with Gasteiger partial charge in [0.15, 0.2) is 5.69 Å². The van der Waals surface area contributed by atoms with Crippen LogP contribution < -0.4 is 4.74 Å². The monoisotopic (exact) mass is 320 g/mol. The molecule has 0 bridgehead atoms. The van der Waals surface area contributed by atoms with E-state index in [1.54, 1.807) is 0 Å². The van der Waals surface area contributed by atoms with Gasteiger partial charge in [0, 0.05) is 6.07 Å². The fourth-order valence-electron chi connectivity index (χ4n) is 1.20. The number of pyridine rings is 1. The van der Waals surface area contributed by atoms with Gasteiger partial charge in [-0.2, -0.15) is 0 Å². The number of hydrogen-bond acceptors (Lipinski definition) is 5. The molecular formula is C8H2ClF5N2O4. The maximum Gasteiger partial charge on any atom is 0.574 e. The van der Waals surface area contributed by atoms with Crippen LogP contribution in [0.25, 0.3) is 0 Å². The molecule has 20 heavy (non-hydrogen) atoms. The van der Waals surface area contributed by atoms with Gasteiger partial charge in [-0.1, -0.05) is 0 Å². The van der Waals surface area contributed by atoms with Crippen LogP contribution in [-0.4, -0.2) is 21.5 Å². The van der Waals surface area contributed by atoms with Crippen molar-refractivity contribution in [2.24, 2.45) is 0 Å². The highest BCUT2D eigenvalue weighted by Crippen LogP contribution is 2.35. The van der Waals surface area contributed by atoms with Gasteiger partial charge in [0.1, 0.15) is 5.56 Å². The summed E-state index contributed by atoms with van der Waals surface area (Å²) in [4.78, 5) is 22.8. The third-order valence-corrected chi connectivity index (χ3v) is 2.02. The highest BCUT2D eigenvalue weighted by Gasteiger charge is 2.36. The minimum absolute atomic E-state index is 0.160. The molecule has 0 amide bonds. The van der Waals surface area contributed by atoms with Crippen LogP contribution in [0.5, 0.6) is 5.88 Å². The van der Waals surface area contributed by atoms with Crippen LogP contribution in [0.3, 0.4) is 0 Å². The molecule has 0 aliphatic rings. The Morgan fingerprint density at radius 2 is 2.00 bits per heavy atom. The number of ether oxygens (including phenoxy) is 1. The van der Waals surface area contributed by atoms with Crippen molar-refractivity contribution >= 4 is 22.5 Å². The van der Waals surface area contributed by atoms with Crippen molar-refractivity contribution in [1.29, 1.82) is 0 Å². The van der Waals surface area contributed by atoms with Gasteiger partial charge in [-0.3, -0.25) is 14.9 Å². The van der Waals surface area contributed by atoms with Crippen LogP contribution in [0.4, 0.5) is 27.6 Å². The van der Waals surface area contributed by atoms with Gasteiger partial charge in [0.05, 0.1) is 4.92 Å². The lowest BCUT2D eigenvalue weighted by Crippen LogP contribution is -2.19. The first-order valence-corrected chi connectivity index (χ1v) is 4.83. The first-order chi connectivity index (χ1) is 9.03. The van der Waals surface area contributed by atoms with E-state index >= 15 is 0 Å². The fraction of sp³-hybridized carbons (Fsp3) is 0.250. The molecule has 12 heteroatoms. The van der Waals surface area contributed by atoms with Crippen LogP contribution in [0.15, 0.2) is 6.07 Å². The van der Waals surface area contributed by atoms with E-state index in [9.17, 15) is 36.9 Å². The SMILES string of the molecule is O=C(Cl)c1cc(OC(F)(F)F)nc(C(F)F)c1[N+](=O)[O-]. The maximum absolute atomic E-state index is 12.6. The van der Waals surface area contributed by atoms with Gasteiger partial charge < -0.3 is 4.74 Å². The molecule has 6 nitrogen and oxygen atoms in total. The molecule has 1 aromatic heterocycles. The number of aromatic nitrogens is 1. The van der Waals surface area contributed by atoms with E-state index in [4.69, 9.17) is 11.6 Å². The number of carbonyl (C=O) groups excluding carboxylic acids is 1. The third-order valence-electron chi connectivity index (χ3n) is 1.82. The van der Waals surface area contributed by atoms with Gasteiger partial charge in [-0.05, 0) is 11.6 Å². The van der Waals surface area contributed by atoms with Crippen LogP contribution >= 0.6 is 11.6 Å². The van der Waals surface area contributed by atoms with E-state index in [1.165, 1.54) is 0 Å². The Morgan fingerprint density at radius 1 is 1.45 bits per heavy atom. The van der Waals surface area contributed by atoms with Crippen molar-refractivity contribution in [3.63, 3.8) is 0 Å². The van der Waals surface area contributed by atoms with Gasteiger partial charge in [0.25, 0.3) is 11.7 Å². The number of rotatable bonds is 4. The largest absolute Gasteiger partial charge is 0.574 e. The first kappa shape index (κ1) is 16.0. The van der Waals surface area contributed by atoms with Crippen LogP contribution in [0.2, 0.25) is 0 Å². The molecule has 0 saturated carbocycles. The molecule has 0 unspecified atom stereocenters. The zero-order chi connectivity index (χ0) is 15.7. The molecular weight excluding hydrogens is 319 g/mol. The molecule has 0 aliphatic heterocycles. The lowest BCUT2D eigenvalue weighted by Gasteiger charge is -2.10. The summed E-state index contributed by atoms with van der Waals surface area (Å²) in [6.45, 7) is 0. The van der Waals surface area contributed by atoms with Crippen LogP contribution in [0.1, 0.15) is 22.5 Å². The highest BCUT2D eigenvalue weighted by molar-refractivity contribution is 6.68. The molecule has 0 aliphatic carbocycles. The summed E-state index contributed by atoms with van der Waals surface area (Å²) in [5, 5.41) is 9.00. The Hall–Kier alpha value is -2.04. The molecule has 0 radical (unpaired) electrons. The molecule has 0 saturated heterocycles. The second-order valence-electron chi connectivity index (χ2n) is 3.12. The van der Waals surface area contributed by atoms with Gasteiger partial charge in [0.2, 0.25) is 5.88 Å². The number of nitrogens with zero attached hydrogens (tertiary/aromatic N) is 2. The highest BCUT2D eigenvalue weighted by atomic mass is 35.5. The third kappa shape index (κ3) is 3.73. The summed E-state index contributed by atoms with van der Waals surface area (Å²) in [6.07, 6.45) is -8.89. The molecule has 0 atom stereocenters. The van der Waals surface area contributed by atoms with E-state index in [0.717, 1.165) is 0 Å². The quantitative estimate of drug-likeness (QED) is 0.368. The molecule has 110 valence electrons. The van der Waals surface area contributed by atoms with E-state index < -0.39 is 45.8 Å². The summed E-state index contributed by atoms with van der Waals surface area (Å²) in [5.41, 5.74) is -4.31. The van der Waals surface area contributed by atoms with Crippen LogP contribution in [0, 0.1) is 10.1 Å². The van der Waals surface area contributed by atoms with E-state index in [0.29, 0.717) is 0 Å². The topological polar surface area (TPSA) is 82.3 Å². The standard InChI is InChI=1S/C8H2ClF5N2O4/c9-6(17)2-1-3(20-8(12,13)14)15-4(7(10)11)5(2)16(18)19/h1,7H. The molecule has 0 N–H and O–H groups in total. The normalized spacial score (nSPS) is 11.6. The predicted octanol–water partition coefficient (Wildman–Crippen LogP) is 3.21. The average molecular weight is 321 g/mol. The summed E-state index contributed by atoms with van der Waals surface area (Å²) in [5.74, 6) is -1.46. The van der Waals surface area contributed by atoms with Crippen molar-refractivity contribution in [2.75, 3.05) is 0 Å². The number of alkyl halides is 5. The van der Waals surface area contributed by atoms with Gasteiger partial charge in [-0.15, -0.1) is 13.2 Å². The van der Waals surface area contributed by atoms with Crippen molar-refractivity contribution < 1.29 is 36.4 Å². The van der Waals surface area contributed by atoms with Crippen molar-refractivity contribution in [3.8, 4) is 5.88 Å². The minimum atomic E-state index is -5.28. The Morgan fingerprint density at radius 3 is 2.35 bits per heavy atom. The molecule has 0 fully saturated rings. The van der Waals surface area contributed by atoms with Crippen molar-refractivity contribution in [1.82, 2.24) is 4.98 Å². The Bertz CT molecular complexity index is 563. The second kappa shape index (κ2) is 5.53. The number of hydrogen-bond donors (Lipinski definition) is 0. The Balaban J connectivity index is 3.54. The maximum atomic E-state index is 12.6. The lowest BCUT2D eigenvalue weighted by molar-refractivity contribution is -0.387. The van der Waals surface area contributed by atoms with Crippen molar-refractivity contribution in [2.45, 2.75) is 12.8 Å². The Kier molecular flexibility index (Phi) is 4.43. The summed E-state index contributed by atoms with van der Waals surface area (Å²) < 4.78 is 64.3. The molecule has 1 aromatic rings. The van der Waals surface area contributed by atoms with E-state index in [-0.39, 0.29) is 6.07 Å². The average Bonchev–Trinajstić information content (AvgIpc) is 2.24. The molecule has 0 spiro atoms. The summed E-state index contributed by atoms with van der Waals surface area (Å²) >= 11 is 4.92. The first-order valence-electron chi connectivity index (χ1n) is 4.46. The lowest BCUT2D eigenvalue weighted by atomic mass is 10.2. The molecule has 1 rings (SSSR count). The zero-order valence-electron chi connectivity index (χ0n) is 8.95. The number of carbonyl (C=O) groups is 1. The second-order valence-corrected chi connectivity index (χ2v) is 3.46. The zero-order valence-corrected chi connectivity index (χ0v) is 9.71. The van der Waals surface area contributed by atoms with E-state index in [2.05, 4.69) is 9.72 Å². The Labute approximate surface area is 111 Å². The molecule has 0 aromatic carbocycles. The smallest absolute Gasteiger partial charge is 0.388 e. The van der Waals surface area contributed by atoms with Crippen molar-refractivity contribution in [3.05, 3.63) is 27.4 Å². The minimum Gasteiger partial charge on any atom is -0.388 e. The summed E-state index contributed by atoms with van der Waals surface area (Å²) in [7, 11) is 0. The van der Waals surface area contributed by atoms with Crippen LogP contribution in [-0.2, 0) is 0 Å². The number of halogens is 6. The molecule has 1 heterocycles. The van der Waals surface area contributed by atoms with E-state index in [1.807, 2.05) is 0 Å². The van der Waals surface area contributed by atoms with Gasteiger partial charge >= 0.3 is 12.0 Å². The number of nitro groups is 1. The fourth-order valence-corrected chi connectivity index (χ4v) is 1.34. The summed E-state index contributed by atoms with van der Waals surface area (Å²) in [6, 6.07) is 0.160.